The Kier molecular flexibility index (Phi) is 3.88. The van der Waals surface area contributed by atoms with Crippen molar-refractivity contribution in [1.29, 1.82) is 0 Å². The molecular weight excluding hydrogens is 405 g/mol. The van der Waals surface area contributed by atoms with Gasteiger partial charge < -0.3 is 0 Å². The second-order valence-corrected chi connectivity index (χ2v) is 7.67. The van der Waals surface area contributed by atoms with E-state index < -0.39 is 0 Å². The molecule has 0 aliphatic carbocycles. The van der Waals surface area contributed by atoms with Crippen molar-refractivity contribution in [3.8, 4) is 0 Å². The summed E-state index contributed by atoms with van der Waals surface area (Å²) in [5.74, 6) is 0. The molecule has 1 fully saturated rings. The van der Waals surface area contributed by atoms with Crippen LogP contribution >= 0.6 is 45.2 Å². The van der Waals surface area contributed by atoms with Gasteiger partial charge in [0.1, 0.15) is 0 Å². The summed E-state index contributed by atoms with van der Waals surface area (Å²) in [7, 11) is 0. The van der Waals surface area contributed by atoms with E-state index in [1.807, 2.05) is 0 Å². The molecule has 0 aromatic heterocycles. The van der Waals surface area contributed by atoms with Gasteiger partial charge in [-0.3, -0.25) is 0 Å². The van der Waals surface area contributed by atoms with Crippen LogP contribution in [0.2, 0.25) is 0 Å². The Bertz CT molecular complexity index is 121. The Morgan fingerprint density at radius 1 is 1.80 bits per heavy atom. The Labute approximate surface area is 99.9 Å². The molecule has 1 heterocycles. The van der Waals surface area contributed by atoms with E-state index in [0.29, 0.717) is 3.55 Å². The van der Waals surface area contributed by atoms with Gasteiger partial charge >= 0.3 is 101 Å². The summed E-state index contributed by atoms with van der Waals surface area (Å²) in [4.78, 5) is 0. The molecule has 0 radical (unpaired) electrons. The van der Waals surface area contributed by atoms with Gasteiger partial charge in [0.05, 0.1) is 0 Å². The number of nitrogens with zero attached hydrogens (tertiary/aromatic N) is 1. The van der Waals surface area contributed by atoms with E-state index in [1.165, 1.54) is 37.9 Å². The molecule has 2 unspecified atom stereocenters. The molecule has 55 valence electrons. The molecular formula is C6H10I2NZn. The molecule has 2 atom stereocenters. The van der Waals surface area contributed by atoms with Crippen molar-refractivity contribution in [2.75, 3.05) is 6.54 Å². The molecule has 10 heavy (non-hydrogen) atoms. The first-order valence-corrected chi connectivity index (χ1v) is 7.17. The maximum atomic E-state index is 2.63. The van der Waals surface area contributed by atoms with Crippen LogP contribution in [0.4, 0.5) is 0 Å². The van der Waals surface area contributed by atoms with Crippen LogP contribution in [-0.4, -0.2) is 17.7 Å². The van der Waals surface area contributed by atoms with Crippen molar-refractivity contribution < 1.29 is 18.5 Å². The van der Waals surface area contributed by atoms with E-state index in [4.69, 9.17) is 0 Å². The van der Waals surface area contributed by atoms with Gasteiger partial charge in [0, 0.05) is 0 Å². The molecule has 0 aromatic rings. The van der Waals surface area contributed by atoms with Gasteiger partial charge in [-0.25, -0.2) is 0 Å². The monoisotopic (exact) mass is 414 g/mol. The summed E-state index contributed by atoms with van der Waals surface area (Å²) in [6, 6.07) is 0. The zero-order valence-corrected chi connectivity index (χ0v) is 13.4. The third-order valence-electron chi connectivity index (χ3n) is 2.15. The fourth-order valence-electron chi connectivity index (χ4n) is 1.32. The van der Waals surface area contributed by atoms with Gasteiger partial charge in [-0.15, -0.1) is 0 Å². The van der Waals surface area contributed by atoms with E-state index in [9.17, 15) is 0 Å². The predicted octanol–water partition coefficient (Wildman–Crippen LogP) is 2.50. The van der Waals surface area contributed by atoms with Crippen molar-refractivity contribution in [3.63, 3.8) is 0 Å². The average Bonchev–Trinajstić information content (AvgIpc) is 2.18. The molecule has 1 saturated heterocycles. The Hall–Kier alpha value is 2.04. The number of alkyl halides is 2. The van der Waals surface area contributed by atoms with E-state index in [2.05, 4.69) is 55.7 Å². The third kappa shape index (κ3) is 1.69. The van der Waals surface area contributed by atoms with Gasteiger partial charge in [-0.05, 0) is 0 Å². The number of rotatable bonds is 1. The van der Waals surface area contributed by atoms with E-state index in [1.54, 1.807) is 0 Å². The number of hydrogen-bond acceptors (Lipinski definition) is 1. The molecule has 0 N–H and O–H groups in total. The zero-order chi connectivity index (χ0) is 7.78. The molecule has 0 bridgehead atoms. The molecule has 1 aliphatic rings. The summed E-state index contributed by atoms with van der Waals surface area (Å²) in [5, 5.41) is 0. The van der Waals surface area contributed by atoms with Crippen LogP contribution in [-0.2, 0) is 18.5 Å². The Morgan fingerprint density at radius 2 is 2.40 bits per heavy atom. The summed E-state index contributed by atoms with van der Waals surface area (Å²) < 4.78 is 3.97. The maximum absolute atomic E-state index is 2.63. The molecule has 0 amide bonds. The van der Waals surface area contributed by atoms with Crippen molar-refractivity contribution in [1.82, 2.24) is 3.64 Å². The number of halogens is 2. The first kappa shape index (κ1) is 10.1. The van der Waals surface area contributed by atoms with Crippen LogP contribution in [0.3, 0.4) is 0 Å². The quantitative estimate of drug-likeness (QED) is 0.275. The van der Waals surface area contributed by atoms with E-state index in [0.717, 1.165) is 3.92 Å². The fourth-order valence-corrected chi connectivity index (χ4v) is 5.08. The fraction of sp³-hybridized carbons (Fsp3) is 1.00. The van der Waals surface area contributed by atoms with Crippen LogP contribution < -0.4 is 0 Å². The summed E-state index contributed by atoms with van der Waals surface area (Å²) in [6.07, 6.45) is 2.68. The molecule has 1 nitrogen and oxygen atoms in total. The second kappa shape index (κ2) is 3.83. The van der Waals surface area contributed by atoms with E-state index >= 15 is 0 Å². The normalized spacial score (nSPS) is 42.7. The summed E-state index contributed by atoms with van der Waals surface area (Å²) in [6.45, 7) is 3.62. The van der Waals surface area contributed by atoms with Gasteiger partial charge in [-0.2, -0.15) is 0 Å². The van der Waals surface area contributed by atoms with Crippen molar-refractivity contribution >= 4 is 45.2 Å². The molecule has 1 rings (SSSR count). The Morgan fingerprint density at radius 3 is 2.60 bits per heavy atom. The van der Waals surface area contributed by atoms with Crippen molar-refractivity contribution in [2.24, 2.45) is 0 Å². The van der Waals surface area contributed by atoms with Crippen LogP contribution in [0.1, 0.15) is 19.8 Å². The summed E-state index contributed by atoms with van der Waals surface area (Å²) in [5.41, 5.74) is 0. The van der Waals surface area contributed by atoms with Crippen LogP contribution in [0.25, 0.3) is 0 Å². The summed E-state index contributed by atoms with van der Waals surface area (Å²) >= 11 is 6.56. The first-order chi connectivity index (χ1) is 4.61. The minimum atomic E-state index is 0.498. The van der Waals surface area contributed by atoms with Gasteiger partial charge in [0.15, 0.2) is 0 Å². The number of hydrogen-bond donors (Lipinski definition) is 0. The second-order valence-electron chi connectivity index (χ2n) is 2.69. The third-order valence-corrected chi connectivity index (χ3v) is 10.4. The first-order valence-electron chi connectivity index (χ1n) is 3.52. The van der Waals surface area contributed by atoms with Crippen molar-refractivity contribution in [2.45, 2.75) is 27.2 Å². The van der Waals surface area contributed by atoms with Crippen LogP contribution in [0.15, 0.2) is 0 Å². The molecule has 1 aliphatic heterocycles. The van der Waals surface area contributed by atoms with Crippen LogP contribution in [0, 0.1) is 0 Å². The zero-order valence-electron chi connectivity index (χ0n) is 6.11. The molecule has 4 heteroatoms. The van der Waals surface area contributed by atoms with Gasteiger partial charge in [-0.1, -0.05) is 0 Å². The predicted molar refractivity (Wildman–Crippen MR) is 56.2 cm³/mol. The molecule has 0 spiro atoms. The van der Waals surface area contributed by atoms with Crippen molar-refractivity contribution in [3.05, 3.63) is 0 Å². The minimum absolute atomic E-state index is 0.498. The van der Waals surface area contributed by atoms with Gasteiger partial charge in [0.25, 0.3) is 0 Å². The van der Waals surface area contributed by atoms with Gasteiger partial charge in [0.2, 0.25) is 0 Å². The standard InChI is InChI=1S/C6H10I2N.Zn/c1-2-6(8)5(7)3-4-9-6;/h5H,2-4H2,1H3;/q-1;+1. The topological polar surface area (TPSA) is 3.24 Å². The van der Waals surface area contributed by atoms with Crippen LogP contribution in [0.5, 0.6) is 0 Å². The molecule has 0 aromatic carbocycles. The van der Waals surface area contributed by atoms with E-state index in [-0.39, 0.29) is 0 Å². The Balaban J connectivity index is 2.70. The average molecular weight is 415 g/mol. The SMILES string of the molecule is CCC1(I)C(I)CC[N]1[Zn]. The molecule has 0 saturated carbocycles.